The Morgan fingerprint density at radius 1 is 1.24 bits per heavy atom. The van der Waals surface area contributed by atoms with Crippen LogP contribution >= 0.6 is 11.3 Å². The molecule has 0 fully saturated rings. The van der Waals surface area contributed by atoms with Crippen LogP contribution in [-0.4, -0.2) is 30.8 Å². The molecule has 0 atom stereocenters. The molecule has 9 heteroatoms. The van der Waals surface area contributed by atoms with Crippen LogP contribution in [0.25, 0.3) is 17.5 Å². The molecule has 0 bridgehead atoms. The Morgan fingerprint density at radius 2 is 2.08 bits per heavy atom. The van der Waals surface area contributed by atoms with Gasteiger partial charge in [0.1, 0.15) is 0 Å². The van der Waals surface area contributed by atoms with Gasteiger partial charge in [-0.05, 0) is 35.7 Å². The molecule has 128 valence electrons. The predicted molar refractivity (Wildman–Crippen MR) is 94.8 cm³/mol. The van der Waals surface area contributed by atoms with Crippen LogP contribution in [0.4, 0.5) is 6.01 Å². The molecule has 3 aromatic rings. The van der Waals surface area contributed by atoms with E-state index >= 15 is 0 Å². The Bertz CT molecular complexity index is 1020. The van der Waals surface area contributed by atoms with Crippen molar-refractivity contribution in [2.24, 2.45) is 0 Å². The van der Waals surface area contributed by atoms with Gasteiger partial charge in [-0.25, -0.2) is 8.42 Å². The van der Waals surface area contributed by atoms with Crippen LogP contribution < -0.4 is 5.32 Å². The lowest BCUT2D eigenvalue weighted by atomic mass is 10.2. The van der Waals surface area contributed by atoms with Crippen LogP contribution in [0.15, 0.2) is 57.2 Å². The molecule has 3 rings (SSSR count). The van der Waals surface area contributed by atoms with E-state index in [0.717, 1.165) is 11.1 Å². The molecule has 25 heavy (non-hydrogen) atoms. The van der Waals surface area contributed by atoms with Crippen molar-refractivity contribution in [1.29, 1.82) is 0 Å². The molecule has 1 amide bonds. The van der Waals surface area contributed by atoms with Crippen LogP contribution in [0.1, 0.15) is 4.88 Å². The number of sulfone groups is 1. The van der Waals surface area contributed by atoms with E-state index in [0.29, 0.717) is 5.56 Å². The third-order valence-corrected chi connectivity index (χ3v) is 5.05. The molecule has 0 unspecified atom stereocenters. The van der Waals surface area contributed by atoms with Crippen molar-refractivity contribution >= 4 is 39.2 Å². The number of hydrogen-bond donors (Lipinski definition) is 1. The first-order valence-electron chi connectivity index (χ1n) is 7.08. The number of carbonyl (C=O) groups excluding carboxylic acids is 1. The summed E-state index contributed by atoms with van der Waals surface area (Å²) in [7, 11) is -3.34. The lowest BCUT2D eigenvalue weighted by Gasteiger charge is -1.99. The quantitative estimate of drug-likeness (QED) is 0.688. The Balaban J connectivity index is 1.73. The molecule has 0 spiro atoms. The highest BCUT2D eigenvalue weighted by Gasteiger charge is 2.13. The zero-order valence-electron chi connectivity index (χ0n) is 13.0. The zero-order valence-corrected chi connectivity index (χ0v) is 14.7. The number of nitrogens with zero attached hydrogens (tertiary/aromatic N) is 2. The standard InChI is InChI=1S/C16H13N3O4S2/c1-25(21,22)13-6-2-4-11(10-13)15-18-19-16(23-15)17-14(20)8-7-12-5-3-9-24-12/h2-10H,1H3,(H,17,19,20)/b8-7+. The third kappa shape index (κ3) is 4.40. The monoisotopic (exact) mass is 375 g/mol. The molecule has 0 aliphatic carbocycles. The minimum atomic E-state index is -3.34. The van der Waals surface area contributed by atoms with E-state index in [-0.39, 0.29) is 16.8 Å². The van der Waals surface area contributed by atoms with E-state index in [4.69, 9.17) is 4.42 Å². The van der Waals surface area contributed by atoms with Crippen molar-refractivity contribution in [2.75, 3.05) is 11.6 Å². The number of anilines is 1. The van der Waals surface area contributed by atoms with E-state index in [9.17, 15) is 13.2 Å². The largest absolute Gasteiger partial charge is 0.403 e. The molecule has 0 aliphatic heterocycles. The Morgan fingerprint density at radius 3 is 2.80 bits per heavy atom. The van der Waals surface area contributed by atoms with E-state index in [2.05, 4.69) is 15.5 Å². The minimum Gasteiger partial charge on any atom is -0.403 e. The highest BCUT2D eigenvalue weighted by atomic mass is 32.2. The lowest BCUT2D eigenvalue weighted by molar-refractivity contribution is -0.112. The Labute approximate surface area is 147 Å². The van der Waals surface area contributed by atoms with Crippen molar-refractivity contribution < 1.29 is 17.6 Å². The second-order valence-corrected chi connectivity index (χ2v) is 8.05. The van der Waals surface area contributed by atoms with Crippen LogP contribution in [0.3, 0.4) is 0 Å². The van der Waals surface area contributed by atoms with Gasteiger partial charge in [-0.15, -0.1) is 16.4 Å². The van der Waals surface area contributed by atoms with Gasteiger partial charge in [-0.3, -0.25) is 10.1 Å². The summed E-state index contributed by atoms with van der Waals surface area (Å²) in [6.45, 7) is 0. The Kier molecular flexibility index (Phi) is 4.77. The normalized spacial score (nSPS) is 11.7. The van der Waals surface area contributed by atoms with Gasteiger partial charge < -0.3 is 4.42 Å². The molecule has 2 heterocycles. The van der Waals surface area contributed by atoms with Crippen LogP contribution in [0.5, 0.6) is 0 Å². The fourth-order valence-corrected chi connectivity index (χ4v) is 3.23. The van der Waals surface area contributed by atoms with Crippen molar-refractivity contribution in [3.8, 4) is 11.5 Å². The van der Waals surface area contributed by atoms with Crippen LogP contribution in [0.2, 0.25) is 0 Å². The highest BCUT2D eigenvalue weighted by molar-refractivity contribution is 7.90. The molecule has 0 saturated heterocycles. The molecule has 2 aromatic heterocycles. The maximum absolute atomic E-state index is 11.8. The van der Waals surface area contributed by atoms with E-state index in [1.54, 1.807) is 18.2 Å². The average molecular weight is 375 g/mol. The molecule has 0 aliphatic rings. The summed E-state index contributed by atoms with van der Waals surface area (Å²) in [5, 5.41) is 11.9. The van der Waals surface area contributed by atoms with Gasteiger partial charge in [0.05, 0.1) is 4.90 Å². The summed E-state index contributed by atoms with van der Waals surface area (Å²) < 4.78 is 28.6. The summed E-state index contributed by atoms with van der Waals surface area (Å²) >= 11 is 1.51. The van der Waals surface area contributed by atoms with Gasteiger partial charge in [0.2, 0.25) is 5.89 Å². The second kappa shape index (κ2) is 6.99. The molecule has 1 aromatic carbocycles. The summed E-state index contributed by atoms with van der Waals surface area (Å²) in [5.74, 6) is -0.295. The van der Waals surface area contributed by atoms with Gasteiger partial charge in [0.25, 0.3) is 5.91 Å². The number of aromatic nitrogens is 2. The van der Waals surface area contributed by atoms with E-state index < -0.39 is 15.7 Å². The van der Waals surface area contributed by atoms with Crippen LogP contribution in [0, 0.1) is 0 Å². The third-order valence-electron chi connectivity index (χ3n) is 3.11. The fourth-order valence-electron chi connectivity index (χ4n) is 1.94. The van der Waals surface area contributed by atoms with Crippen molar-refractivity contribution in [3.63, 3.8) is 0 Å². The highest BCUT2D eigenvalue weighted by Crippen LogP contribution is 2.22. The first-order valence-corrected chi connectivity index (χ1v) is 9.85. The number of carbonyl (C=O) groups is 1. The summed E-state index contributed by atoms with van der Waals surface area (Å²) in [6.07, 6.45) is 4.15. The topological polar surface area (TPSA) is 102 Å². The second-order valence-electron chi connectivity index (χ2n) is 5.05. The molecular weight excluding hydrogens is 362 g/mol. The molecule has 0 radical (unpaired) electrons. The maximum atomic E-state index is 11.8. The van der Waals surface area contributed by atoms with Crippen LogP contribution in [-0.2, 0) is 14.6 Å². The first kappa shape index (κ1) is 17.1. The smallest absolute Gasteiger partial charge is 0.322 e. The van der Waals surface area contributed by atoms with Crippen molar-refractivity contribution in [1.82, 2.24) is 10.2 Å². The number of nitrogens with one attached hydrogen (secondary N) is 1. The number of rotatable bonds is 5. The fraction of sp³-hybridized carbons (Fsp3) is 0.0625. The molecule has 7 nitrogen and oxygen atoms in total. The SMILES string of the molecule is CS(=O)(=O)c1cccc(-c2nnc(NC(=O)/C=C/c3cccs3)o2)c1. The Hall–Kier alpha value is -2.78. The van der Waals surface area contributed by atoms with E-state index in [1.807, 2.05) is 17.5 Å². The predicted octanol–water partition coefficient (Wildman–Crippen LogP) is 2.85. The van der Waals surface area contributed by atoms with Gasteiger partial charge in [0, 0.05) is 22.8 Å². The number of hydrogen-bond acceptors (Lipinski definition) is 7. The molecule has 0 saturated carbocycles. The number of benzene rings is 1. The van der Waals surface area contributed by atoms with Gasteiger partial charge >= 0.3 is 6.01 Å². The number of amides is 1. The summed E-state index contributed by atoms with van der Waals surface area (Å²) in [4.78, 5) is 12.9. The van der Waals surface area contributed by atoms with Gasteiger partial charge in [-0.1, -0.05) is 17.2 Å². The molecular formula is C16H13N3O4S2. The summed E-state index contributed by atoms with van der Waals surface area (Å²) in [6, 6.07) is 9.84. The minimum absolute atomic E-state index is 0.0689. The average Bonchev–Trinajstić information content (AvgIpc) is 3.24. The first-order chi connectivity index (χ1) is 11.9. The lowest BCUT2D eigenvalue weighted by Crippen LogP contribution is -2.07. The van der Waals surface area contributed by atoms with E-state index in [1.165, 1.54) is 29.5 Å². The maximum Gasteiger partial charge on any atom is 0.322 e. The molecule has 1 N–H and O–H groups in total. The van der Waals surface area contributed by atoms with Gasteiger partial charge in [0.15, 0.2) is 9.84 Å². The number of thiophene rings is 1. The summed E-state index contributed by atoms with van der Waals surface area (Å²) in [5.41, 5.74) is 0.449. The van der Waals surface area contributed by atoms with Crippen molar-refractivity contribution in [2.45, 2.75) is 4.90 Å². The zero-order chi connectivity index (χ0) is 17.9. The van der Waals surface area contributed by atoms with Gasteiger partial charge in [-0.2, -0.15) is 0 Å². The van der Waals surface area contributed by atoms with Crippen molar-refractivity contribution in [3.05, 3.63) is 52.7 Å².